The Labute approximate surface area is 102 Å². The molecule has 0 aromatic heterocycles. The van der Waals surface area contributed by atoms with Gasteiger partial charge in [0, 0.05) is 24.3 Å². The van der Waals surface area contributed by atoms with Crippen molar-refractivity contribution in [2.45, 2.75) is 19.0 Å². The molecule has 0 atom stereocenters. The van der Waals surface area contributed by atoms with Gasteiger partial charge in [-0.05, 0) is 24.6 Å². The molecule has 100 valence electrons. The van der Waals surface area contributed by atoms with E-state index in [0.717, 1.165) is 6.07 Å². The summed E-state index contributed by atoms with van der Waals surface area (Å²) in [6.45, 7) is 0.365. The van der Waals surface area contributed by atoms with Crippen LogP contribution in [0.4, 0.5) is 24.5 Å². The molecule has 0 saturated carbocycles. The van der Waals surface area contributed by atoms with E-state index in [-0.39, 0.29) is 12.1 Å². The zero-order valence-electron chi connectivity index (χ0n) is 9.55. The van der Waals surface area contributed by atoms with Gasteiger partial charge in [0.15, 0.2) is 0 Å². The fourth-order valence-corrected chi connectivity index (χ4v) is 1.41. The maximum Gasteiger partial charge on any atom is 0.418 e. The number of hydrogen-bond acceptors (Lipinski definition) is 3. The lowest BCUT2D eigenvalue weighted by Crippen LogP contribution is -2.13. The highest BCUT2D eigenvalue weighted by molar-refractivity contribution is 5.73. The summed E-state index contributed by atoms with van der Waals surface area (Å²) in [6.07, 6.45) is -3.83. The molecular formula is C11H14F3N3O. The van der Waals surface area contributed by atoms with E-state index in [0.29, 0.717) is 18.7 Å². The molecule has 0 fully saturated rings. The highest BCUT2D eigenvalue weighted by Gasteiger charge is 2.33. The highest BCUT2D eigenvalue weighted by atomic mass is 19.4. The maximum absolute atomic E-state index is 12.6. The third kappa shape index (κ3) is 4.15. The van der Waals surface area contributed by atoms with Crippen molar-refractivity contribution in [3.05, 3.63) is 23.8 Å². The van der Waals surface area contributed by atoms with Gasteiger partial charge in [-0.15, -0.1) is 0 Å². The SMILES string of the molecule is NC(=O)CCCNc1ccc(N)c(C(F)(F)F)c1. The summed E-state index contributed by atoms with van der Waals surface area (Å²) in [5, 5.41) is 2.78. The third-order valence-corrected chi connectivity index (χ3v) is 2.29. The summed E-state index contributed by atoms with van der Waals surface area (Å²) in [7, 11) is 0. The molecule has 1 aromatic carbocycles. The van der Waals surface area contributed by atoms with Gasteiger partial charge in [-0.1, -0.05) is 0 Å². The maximum atomic E-state index is 12.6. The number of halogens is 3. The average Bonchev–Trinajstić information content (AvgIpc) is 2.24. The molecule has 0 spiro atoms. The van der Waals surface area contributed by atoms with Crippen LogP contribution in [0.15, 0.2) is 18.2 Å². The van der Waals surface area contributed by atoms with Crippen LogP contribution in [0.25, 0.3) is 0 Å². The first-order valence-electron chi connectivity index (χ1n) is 5.29. The number of nitrogens with one attached hydrogen (secondary N) is 1. The minimum absolute atomic E-state index is 0.189. The van der Waals surface area contributed by atoms with Crippen LogP contribution < -0.4 is 16.8 Å². The first-order chi connectivity index (χ1) is 8.30. The zero-order chi connectivity index (χ0) is 13.8. The largest absolute Gasteiger partial charge is 0.418 e. The monoisotopic (exact) mass is 261 g/mol. The van der Waals surface area contributed by atoms with Crippen molar-refractivity contribution < 1.29 is 18.0 Å². The molecular weight excluding hydrogens is 247 g/mol. The van der Waals surface area contributed by atoms with Crippen LogP contribution in [-0.2, 0) is 11.0 Å². The molecule has 7 heteroatoms. The first kappa shape index (κ1) is 14.1. The Morgan fingerprint density at radius 1 is 1.33 bits per heavy atom. The fourth-order valence-electron chi connectivity index (χ4n) is 1.41. The third-order valence-electron chi connectivity index (χ3n) is 2.29. The second kappa shape index (κ2) is 5.61. The predicted octanol–water partition coefficient (Wildman–Crippen LogP) is 1.96. The summed E-state index contributed by atoms with van der Waals surface area (Å²) < 4.78 is 37.7. The molecule has 1 amide bonds. The van der Waals surface area contributed by atoms with Crippen molar-refractivity contribution >= 4 is 17.3 Å². The van der Waals surface area contributed by atoms with Gasteiger partial charge in [0.05, 0.1) is 5.56 Å². The number of hydrogen-bond donors (Lipinski definition) is 3. The number of nitrogens with two attached hydrogens (primary N) is 2. The van der Waals surface area contributed by atoms with Gasteiger partial charge in [-0.25, -0.2) is 0 Å². The van der Waals surface area contributed by atoms with Gasteiger partial charge >= 0.3 is 6.18 Å². The highest BCUT2D eigenvalue weighted by Crippen LogP contribution is 2.35. The summed E-state index contributed by atoms with van der Waals surface area (Å²) in [5.74, 6) is -0.440. The van der Waals surface area contributed by atoms with Gasteiger partial charge in [0.1, 0.15) is 0 Å². The molecule has 0 bridgehead atoms. The number of nitrogen functional groups attached to an aromatic ring is 1. The van der Waals surface area contributed by atoms with Crippen LogP contribution >= 0.6 is 0 Å². The fraction of sp³-hybridized carbons (Fsp3) is 0.364. The van der Waals surface area contributed by atoms with E-state index in [1.165, 1.54) is 12.1 Å². The number of anilines is 2. The topological polar surface area (TPSA) is 81.1 Å². The van der Waals surface area contributed by atoms with Gasteiger partial charge in [-0.2, -0.15) is 13.2 Å². The van der Waals surface area contributed by atoms with Gasteiger partial charge in [0.25, 0.3) is 0 Å². The lowest BCUT2D eigenvalue weighted by molar-refractivity contribution is -0.136. The van der Waals surface area contributed by atoms with Crippen molar-refractivity contribution in [1.82, 2.24) is 0 Å². The molecule has 4 nitrogen and oxygen atoms in total. The van der Waals surface area contributed by atoms with E-state index >= 15 is 0 Å². The van der Waals surface area contributed by atoms with E-state index < -0.39 is 17.6 Å². The Morgan fingerprint density at radius 2 is 2.00 bits per heavy atom. The number of benzene rings is 1. The van der Waals surface area contributed by atoms with E-state index in [4.69, 9.17) is 11.5 Å². The summed E-state index contributed by atoms with van der Waals surface area (Å²) in [5.41, 5.74) is 9.32. The van der Waals surface area contributed by atoms with E-state index in [9.17, 15) is 18.0 Å². The van der Waals surface area contributed by atoms with Gasteiger partial charge in [-0.3, -0.25) is 4.79 Å². The first-order valence-corrected chi connectivity index (χ1v) is 5.29. The molecule has 0 unspecified atom stereocenters. The number of primary amides is 1. The quantitative estimate of drug-likeness (QED) is 0.560. The van der Waals surface area contributed by atoms with Crippen molar-refractivity contribution in [3.8, 4) is 0 Å². The Kier molecular flexibility index (Phi) is 4.41. The average molecular weight is 261 g/mol. The molecule has 5 N–H and O–H groups in total. The molecule has 0 heterocycles. The van der Waals surface area contributed by atoms with E-state index in [2.05, 4.69) is 5.32 Å². The molecule has 0 aliphatic heterocycles. The second-order valence-electron chi connectivity index (χ2n) is 3.80. The molecule has 0 aliphatic rings. The Morgan fingerprint density at radius 3 is 2.56 bits per heavy atom. The van der Waals surface area contributed by atoms with Crippen LogP contribution in [0.5, 0.6) is 0 Å². The smallest absolute Gasteiger partial charge is 0.398 e. The minimum Gasteiger partial charge on any atom is -0.398 e. The molecule has 0 radical (unpaired) electrons. The number of carbonyl (C=O) groups is 1. The standard InChI is InChI=1S/C11H14F3N3O/c12-11(13,14)8-6-7(3-4-9(8)15)17-5-1-2-10(16)18/h3-4,6,17H,1-2,5,15H2,(H2,16,18). The van der Waals surface area contributed by atoms with Crippen molar-refractivity contribution in [2.24, 2.45) is 5.73 Å². The summed E-state index contributed by atoms with van der Waals surface area (Å²) in [6, 6.07) is 3.59. The molecule has 1 rings (SSSR count). The number of rotatable bonds is 5. The van der Waals surface area contributed by atoms with Crippen molar-refractivity contribution in [1.29, 1.82) is 0 Å². The predicted molar refractivity (Wildman–Crippen MR) is 62.8 cm³/mol. The van der Waals surface area contributed by atoms with Crippen LogP contribution in [0, 0.1) is 0 Å². The number of alkyl halides is 3. The minimum atomic E-state index is -4.48. The number of carbonyl (C=O) groups excluding carboxylic acids is 1. The lowest BCUT2D eigenvalue weighted by Gasteiger charge is -2.12. The number of amides is 1. The molecule has 1 aromatic rings. The van der Waals surface area contributed by atoms with E-state index in [1.54, 1.807) is 0 Å². The van der Waals surface area contributed by atoms with Crippen molar-refractivity contribution in [2.75, 3.05) is 17.6 Å². The lowest BCUT2D eigenvalue weighted by atomic mass is 10.1. The zero-order valence-corrected chi connectivity index (χ0v) is 9.55. The Hall–Kier alpha value is -1.92. The van der Waals surface area contributed by atoms with Crippen LogP contribution in [0.3, 0.4) is 0 Å². The van der Waals surface area contributed by atoms with Crippen LogP contribution in [0.2, 0.25) is 0 Å². The molecule has 0 aliphatic carbocycles. The van der Waals surface area contributed by atoms with Crippen LogP contribution in [-0.4, -0.2) is 12.5 Å². The summed E-state index contributed by atoms with van der Waals surface area (Å²) >= 11 is 0. The van der Waals surface area contributed by atoms with Crippen molar-refractivity contribution in [3.63, 3.8) is 0 Å². The molecule has 0 saturated heterocycles. The Balaban J connectivity index is 2.65. The van der Waals surface area contributed by atoms with Gasteiger partial charge < -0.3 is 16.8 Å². The molecule has 18 heavy (non-hydrogen) atoms. The van der Waals surface area contributed by atoms with E-state index in [1.807, 2.05) is 0 Å². The second-order valence-corrected chi connectivity index (χ2v) is 3.80. The van der Waals surface area contributed by atoms with Gasteiger partial charge in [0.2, 0.25) is 5.91 Å². The Bertz CT molecular complexity index is 432. The normalized spacial score (nSPS) is 11.3. The van der Waals surface area contributed by atoms with Crippen LogP contribution in [0.1, 0.15) is 18.4 Å². The summed E-state index contributed by atoms with van der Waals surface area (Å²) in [4.78, 5) is 10.5.